The molecule has 0 aromatic heterocycles. The van der Waals surface area contributed by atoms with E-state index in [1.54, 1.807) is 7.11 Å². The fourth-order valence-electron chi connectivity index (χ4n) is 2.48. The van der Waals surface area contributed by atoms with Crippen LogP contribution in [0.25, 0.3) is 0 Å². The highest BCUT2D eigenvalue weighted by molar-refractivity contribution is 5.79. The molecule has 0 saturated carbocycles. The summed E-state index contributed by atoms with van der Waals surface area (Å²) in [5, 5.41) is 6.59. The second-order valence-corrected chi connectivity index (χ2v) is 5.66. The second kappa shape index (κ2) is 10.8. The molecular formula is C18H29N3O3. The monoisotopic (exact) mass is 335 g/mol. The zero-order valence-electron chi connectivity index (χ0n) is 14.7. The van der Waals surface area contributed by atoms with Crippen LogP contribution in [-0.4, -0.2) is 52.0 Å². The molecular weight excluding hydrogens is 306 g/mol. The first-order valence-corrected chi connectivity index (χ1v) is 8.72. The van der Waals surface area contributed by atoms with Crippen molar-refractivity contribution >= 4 is 5.96 Å². The van der Waals surface area contributed by atoms with E-state index >= 15 is 0 Å². The van der Waals surface area contributed by atoms with Crippen LogP contribution in [0.15, 0.2) is 29.3 Å². The molecule has 1 aliphatic heterocycles. The largest absolute Gasteiger partial charge is 0.497 e. The van der Waals surface area contributed by atoms with Crippen LogP contribution < -0.4 is 20.1 Å². The molecule has 134 valence electrons. The SMILES string of the molecule is CCNC(=NCC1CCCO1)NCCCOc1cccc(OC)c1. The first-order chi connectivity index (χ1) is 11.8. The maximum Gasteiger partial charge on any atom is 0.191 e. The topological polar surface area (TPSA) is 64.1 Å². The van der Waals surface area contributed by atoms with Crippen molar-refractivity contribution in [1.82, 2.24) is 10.6 Å². The number of rotatable bonds is 9. The maximum atomic E-state index is 5.73. The zero-order chi connectivity index (χ0) is 17.0. The van der Waals surface area contributed by atoms with Gasteiger partial charge >= 0.3 is 0 Å². The summed E-state index contributed by atoms with van der Waals surface area (Å²) < 4.78 is 16.5. The van der Waals surface area contributed by atoms with Crippen molar-refractivity contribution in [3.05, 3.63) is 24.3 Å². The van der Waals surface area contributed by atoms with Gasteiger partial charge in [-0.3, -0.25) is 4.99 Å². The number of ether oxygens (including phenoxy) is 3. The average Bonchev–Trinajstić information content (AvgIpc) is 3.13. The Morgan fingerprint density at radius 2 is 2.21 bits per heavy atom. The Labute approximate surface area is 144 Å². The summed E-state index contributed by atoms with van der Waals surface area (Å²) in [6, 6.07) is 7.65. The van der Waals surface area contributed by atoms with Crippen molar-refractivity contribution in [3.63, 3.8) is 0 Å². The molecule has 1 fully saturated rings. The molecule has 1 saturated heterocycles. The fraction of sp³-hybridized carbons (Fsp3) is 0.611. The quantitative estimate of drug-likeness (QED) is 0.411. The summed E-state index contributed by atoms with van der Waals surface area (Å²) in [5.41, 5.74) is 0. The lowest BCUT2D eigenvalue weighted by atomic mass is 10.2. The molecule has 1 aliphatic rings. The number of aliphatic imine (C=N–C) groups is 1. The molecule has 1 heterocycles. The van der Waals surface area contributed by atoms with Gasteiger partial charge in [-0.25, -0.2) is 0 Å². The van der Waals surface area contributed by atoms with E-state index in [1.165, 1.54) is 0 Å². The predicted octanol–water partition coefficient (Wildman–Crippen LogP) is 2.20. The van der Waals surface area contributed by atoms with Gasteiger partial charge in [0.25, 0.3) is 0 Å². The van der Waals surface area contributed by atoms with Crippen molar-refractivity contribution in [3.8, 4) is 11.5 Å². The second-order valence-electron chi connectivity index (χ2n) is 5.66. The van der Waals surface area contributed by atoms with Gasteiger partial charge in [-0.1, -0.05) is 6.07 Å². The van der Waals surface area contributed by atoms with Crippen LogP contribution in [0.5, 0.6) is 11.5 Å². The minimum absolute atomic E-state index is 0.275. The van der Waals surface area contributed by atoms with Crippen molar-refractivity contribution < 1.29 is 14.2 Å². The Hall–Kier alpha value is -1.95. The van der Waals surface area contributed by atoms with Crippen LogP contribution >= 0.6 is 0 Å². The van der Waals surface area contributed by atoms with Crippen molar-refractivity contribution in [2.24, 2.45) is 4.99 Å². The van der Waals surface area contributed by atoms with Crippen LogP contribution in [0.2, 0.25) is 0 Å². The number of benzene rings is 1. The molecule has 2 N–H and O–H groups in total. The van der Waals surface area contributed by atoms with Crippen molar-refractivity contribution in [2.45, 2.75) is 32.3 Å². The maximum absolute atomic E-state index is 5.73. The Kier molecular flexibility index (Phi) is 8.24. The highest BCUT2D eigenvalue weighted by Gasteiger charge is 2.14. The number of guanidine groups is 1. The zero-order valence-corrected chi connectivity index (χ0v) is 14.7. The molecule has 0 bridgehead atoms. The highest BCUT2D eigenvalue weighted by Crippen LogP contribution is 2.18. The van der Waals surface area contributed by atoms with Gasteiger partial charge in [-0.15, -0.1) is 0 Å². The Morgan fingerprint density at radius 1 is 1.33 bits per heavy atom. The molecule has 1 unspecified atom stereocenters. The van der Waals surface area contributed by atoms with Gasteiger partial charge in [-0.2, -0.15) is 0 Å². The van der Waals surface area contributed by atoms with Gasteiger partial charge in [-0.05, 0) is 38.3 Å². The lowest BCUT2D eigenvalue weighted by Gasteiger charge is -2.13. The van der Waals surface area contributed by atoms with Crippen molar-refractivity contribution in [2.75, 3.05) is 40.0 Å². The van der Waals surface area contributed by atoms with Crippen LogP contribution in [0.3, 0.4) is 0 Å². The molecule has 2 rings (SSSR count). The van der Waals surface area contributed by atoms with Crippen LogP contribution in [0.1, 0.15) is 26.2 Å². The molecule has 24 heavy (non-hydrogen) atoms. The van der Waals surface area contributed by atoms with E-state index in [9.17, 15) is 0 Å². The van der Waals surface area contributed by atoms with Gasteiger partial charge in [0.05, 0.1) is 26.4 Å². The summed E-state index contributed by atoms with van der Waals surface area (Å²) in [6.07, 6.45) is 3.42. The van der Waals surface area contributed by atoms with E-state index in [0.29, 0.717) is 6.61 Å². The summed E-state index contributed by atoms with van der Waals surface area (Å²) in [7, 11) is 1.65. The minimum atomic E-state index is 0.275. The summed E-state index contributed by atoms with van der Waals surface area (Å²) >= 11 is 0. The predicted molar refractivity (Wildman–Crippen MR) is 96.1 cm³/mol. The van der Waals surface area contributed by atoms with E-state index in [4.69, 9.17) is 14.2 Å². The standard InChI is InChI=1S/C18H29N3O3/c1-3-19-18(21-14-17-9-5-11-24-17)20-10-6-12-23-16-8-4-7-15(13-16)22-2/h4,7-8,13,17H,3,5-6,9-12,14H2,1-2H3,(H2,19,20,21). The molecule has 1 aromatic carbocycles. The first kappa shape index (κ1) is 18.4. The smallest absolute Gasteiger partial charge is 0.191 e. The van der Waals surface area contributed by atoms with E-state index in [-0.39, 0.29) is 6.10 Å². The van der Waals surface area contributed by atoms with Gasteiger partial charge < -0.3 is 24.8 Å². The van der Waals surface area contributed by atoms with Crippen molar-refractivity contribution in [1.29, 1.82) is 0 Å². The highest BCUT2D eigenvalue weighted by atomic mass is 16.5. The van der Waals surface area contributed by atoms with Gasteiger partial charge in [0.1, 0.15) is 11.5 Å². The Bertz CT molecular complexity index is 502. The minimum Gasteiger partial charge on any atom is -0.497 e. The van der Waals surface area contributed by atoms with E-state index in [0.717, 1.165) is 63.0 Å². The normalized spacial score (nSPS) is 17.6. The number of methoxy groups -OCH3 is 1. The van der Waals surface area contributed by atoms with Crippen LogP contribution in [-0.2, 0) is 4.74 Å². The lowest BCUT2D eigenvalue weighted by Crippen LogP contribution is -2.38. The van der Waals surface area contributed by atoms with Gasteiger partial charge in [0.15, 0.2) is 5.96 Å². The number of nitrogens with one attached hydrogen (secondary N) is 2. The van der Waals surface area contributed by atoms with Crippen LogP contribution in [0, 0.1) is 0 Å². The Balaban J connectivity index is 1.65. The molecule has 6 heteroatoms. The molecule has 0 aliphatic carbocycles. The van der Waals surface area contributed by atoms with E-state index < -0.39 is 0 Å². The number of nitrogens with zero attached hydrogens (tertiary/aromatic N) is 1. The molecule has 0 spiro atoms. The van der Waals surface area contributed by atoms with Gasteiger partial charge in [0.2, 0.25) is 0 Å². The molecule has 0 radical (unpaired) electrons. The third-order valence-corrected chi connectivity index (χ3v) is 3.74. The van der Waals surface area contributed by atoms with Gasteiger partial charge in [0, 0.05) is 25.8 Å². The molecule has 1 aromatic rings. The molecule has 6 nitrogen and oxygen atoms in total. The summed E-state index contributed by atoms with van der Waals surface area (Å²) in [6.45, 7) is 5.95. The molecule has 0 amide bonds. The molecule has 1 atom stereocenters. The van der Waals surface area contributed by atoms with Crippen LogP contribution in [0.4, 0.5) is 0 Å². The summed E-state index contributed by atoms with van der Waals surface area (Å²) in [5.74, 6) is 2.48. The van der Waals surface area contributed by atoms with E-state index in [2.05, 4.69) is 22.5 Å². The lowest BCUT2D eigenvalue weighted by molar-refractivity contribution is 0.117. The third-order valence-electron chi connectivity index (χ3n) is 3.74. The number of hydrogen-bond acceptors (Lipinski definition) is 4. The fourth-order valence-corrected chi connectivity index (χ4v) is 2.48. The average molecular weight is 335 g/mol. The third kappa shape index (κ3) is 6.66. The first-order valence-electron chi connectivity index (χ1n) is 8.72. The Morgan fingerprint density at radius 3 is 2.96 bits per heavy atom. The number of hydrogen-bond donors (Lipinski definition) is 2. The van der Waals surface area contributed by atoms with E-state index in [1.807, 2.05) is 24.3 Å². The summed E-state index contributed by atoms with van der Waals surface area (Å²) in [4.78, 5) is 4.59.